The summed E-state index contributed by atoms with van der Waals surface area (Å²) in [6, 6.07) is 1.26. The molecule has 0 amide bonds. The number of likely N-dealkylation sites (N-methyl/N-ethyl adjacent to an activating group) is 1. The molecule has 0 spiro atoms. The molecular weight excluding hydrogens is 208 g/mol. The highest BCUT2D eigenvalue weighted by Gasteiger charge is 2.26. The van der Waals surface area contributed by atoms with Gasteiger partial charge in [-0.2, -0.15) is 0 Å². The standard InChI is InChI=1S/C15H34N2/c1-8-10-11-17(13(3)9-2)12-14(16-7)15(4,5)6/h13-14,16H,8-12H2,1-7H3. The van der Waals surface area contributed by atoms with Gasteiger partial charge in [0.25, 0.3) is 0 Å². The summed E-state index contributed by atoms with van der Waals surface area (Å²) in [4.78, 5) is 2.65. The Balaban J connectivity index is 4.48. The minimum Gasteiger partial charge on any atom is -0.315 e. The zero-order chi connectivity index (χ0) is 13.5. The molecule has 0 rings (SSSR count). The summed E-state index contributed by atoms with van der Waals surface area (Å²) in [7, 11) is 2.09. The molecule has 2 nitrogen and oxygen atoms in total. The van der Waals surface area contributed by atoms with Crippen LogP contribution in [0.2, 0.25) is 0 Å². The quantitative estimate of drug-likeness (QED) is 0.700. The first-order chi connectivity index (χ1) is 7.86. The summed E-state index contributed by atoms with van der Waals surface area (Å²) in [5, 5.41) is 3.49. The molecule has 0 saturated carbocycles. The molecule has 2 atom stereocenters. The van der Waals surface area contributed by atoms with Crippen molar-refractivity contribution in [3.63, 3.8) is 0 Å². The number of rotatable bonds is 8. The predicted octanol–water partition coefficient (Wildman–Crippen LogP) is 3.52. The molecule has 0 aromatic rings. The number of nitrogens with one attached hydrogen (secondary N) is 1. The molecule has 2 unspecified atom stereocenters. The number of hydrogen-bond acceptors (Lipinski definition) is 2. The molecule has 0 fully saturated rings. The number of hydrogen-bond donors (Lipinski definition) is 1. The van der Waals surface area contributed by atoms with Gasteiger partial charge in [-0.25, -0.2) is 0 Å². The fourth-order valence-corrected chi connectivity index (χ4v) is 2.14. The molecule has 0 aromatic heterocycles. The second kappa shape index (κ2) is 8.10. The predicted molar refractivity (Wildman–Crippen MR) is 78.5 cm³/mol. The third-order valence-electron chi connectivity index (χ3n) is 3.82. The van der Waals surface area contributed by atoms with Crippen LogP contribution >= 0.6 is 0 Å². The Morgan fingerprint density at radius 1 is 1.18 bits per heavy atom. The first-order valence-electron chi connectivity index (χ1n) is 7.28. The first kappa shape index (κ1) is 16.9. The first-order valence-corrected chi connectivity index (χ1v) is 7.28. The van der Waals surface area contributed by atoms with Gasteiger partial charge in [0.05, 0.1) is 0 Å². The van der Waals surface area contributed by atoms with Gasteiger partial charge < -0.3 is 5.32 Å². The van der Waals surface area contributed by atoms with Gasteiger partial charge in [-0.1, -0.05) is 41.0 Å². The van der Waals surface area contributed by atoms with Gasteiger partial charge in [0.1, 0.15) is 0 Å². The summed E-state index contributed by atoms with van der Waals surface area (Å²) in [6.45, 7) is 16.3. The van der Waals surface area contributed by atoms with E-state index in [4.69, 9.17) is 0 Å². The van der Waals surface area contributed by atoms with Gasteiger partial charge in [0.2, 0.25) is 0 Å². The highest BCUT2D eigenvalue weighted by Crippen LogP contribution is 2.21. The maximum absolute atomic E-state index is 3.49. The Morgan fingerprint density at radius 3 is 2.12 bits per heavy atom. The van der Waals surface area contributed by atoms with Crippen LogP contribution in [0.5, 0.6) is 0 Å². The lowest BCUT2D eigenvalue weighted by molar-refractivity contribution is 0.140. The van der Waals surface area contributed by atoms with Crippen molar-refractivity contribution in [1.29, 1.82) is 0 Å². The van der Waals surface area contributed by atoms with E-state index >= 15 is 0 Å². The van der Waals surface area contributed by atoms with Gasteiger partial charge >= 0.3 is 0 Å². The Bertz CT molecular complexity index is 184. The van der Waals surface area contributed by atoms with E-state index in [1.54, 1.807) is 0 Å². The fourth-order valence-electron chi connectivity index (χ4n) is 2.14. The second-order valence-corrected chi connectivity index (χ2v) is 6.31. The minimum absolute atomic E-state index is 0.326. The summed E-state index contributed by atoms with van der Waals surface area (Å²) in [5.74, 6) is 0. The highest BCUT2D eigenvalue weighted by molar-refractivity contribution is 4.83. The second-order valence-electron chi connectivity index (χ2n) is 6.31. The van der Waals surface area contributed by atoms with Crippen LogP contribution in [0.15, 0.2) is 0 Å². The van der Waals surface area contributed by atoms with Crippen LogP contribution in [0.25, 0.3) is 0 Å². The molecular formula is C15H34N2. The van der Waals surface area contributed by atoms with Crippen LogP contribution in [0.3, 0.4) is 0 Å². The largest absolute Gasteiger partial charge is 0.315 e. The zero-order valence-corrected chi connectivity index (χ0v) is 13.1. The smallest absolute Gasteiger partial charge is 0.0240 e. The van der Waals surface area contributed by atoms with Gasteiger partial charge in [0.15, 0.2) is 0 Å². The van der Waals surface area contributed by atoms with E-state index in [2.05, 4.69) is 58.8 Å². The van der Waals surface area contributed by atoms with Crippen LogP contribution in [0.4, 0.5) is 0 Å². The maximum atomic E-state index is 3.49. The van der Waals surface area contributed by atoms with E-state index < -0.39 is 0 Å². The van der Waals surface area contributed by atoms with Crippen molar-refractivity contribution in [2.75, 3.05) is 20.1 Å². The van der Waals surface area contributed by atoms with Crippen molar-refractivity contribution in [2.24, 2.45) is 5.41 Å². The molecule has 17 heavy (non-hydrogen) atoms. The topological polar surface area (TPSA) is 15.3 Å². The number of nitrogens with zero attached hydrogens (tertiary/aromatic N) is 1. The summed E-state index contributed by atoms with van der Waals surface area (Å²) in [6.07, 6.45) is 3.84. The third-order valence-corrected chi connectivity index (χ3v) is 3.82. The monoisotopic (exact) mass is 242 g/mol. The normalized spacial score (nSPS) is 16.2. The van der Waals surface area contributed by atoms with E-state index in [0.717, 1.165) is 6.54 Å². The van der Waals surface area contributed by atoms with E-state index in [9.17, 15) is 0 Å². The molecule has 0 aliphatic heterocycles. The Hall–Kier alpha value is -0.0800. The van der Waals surface area contributed by atoms with Crippen molar-refractivity contribution >= 4 is 0 Å². The van der Waals surface area contributed by atoms with Crippen LogP contribution in [-0.2, 0) is 0 Å². The van der Waals surface area contributed by atoms with E-state index in [-0.39, 0.29) is 0 Å². The molecule has 104 valence electrons. The van der Waals surface area contributed by atoms with Crippen molar-refractivity contribution in [2.45, 2.75) is 72.9 Å². The molecule has 0 aromatic carbocycles. The average Bonchev–Trinajstić information content (AvgIpc) is 2.26. The Labute approximate surface area is 109 Å². The lowest BCUT2D eigenvalue weighted by atomic mass is 9.86. The van der Waals surface area contributed by atoms with E-state index in [1.807, 2.05) is 0 Å². The van der Waals surface area contributed by atoms with Crippen LogP contribution in [0.1, 0.15) is 60.8 Å². The Kier molecular flexibility index (Phi) is 8.06. The van der Waals surface area contributed by atoms with Gasteiger partial charge in [0, 0.05) is 18.6 Å². The van der Waals surface area contributed by atoms with Crippen LogP contribution < -0.4 is 5.32 Å². The lowest BCUT2D eigenvalue weighted by Gasteiger charge is -2.37. The molecule has 0 aliphatic rings. The molecule has 0 saturated heterocycles. The van der Waals surface area contributed by atoms with Crippen molar-refractivity contribution in [1.82, 2.24) is 10.2 Å². The summed E-state index contributed by atoms with van der Waals surface area (Å²) < 4.78 is 0. The highest BCUT2D eigenvalue weighted by atomic mass is 15.2. The van der Waals surface area contributed by atoms with Crippen molar-refractivity contribution in [3.05, 3.63) is 0 Å². The van der Waals surface area contributed by atoms with Gasteiger partial charge in [-0.15, -0.1) is 0 Å². The SMILES string of the molecule is CCCCN(CC(NC)C(C)(C)C)C(C)CC. The fraction of sp³-hybridized carbons (Fsp3) is 1.00. The van der Waals surface area contributed by atoms with E-state index in [0.29, 0.717) is 17.5 Å². The van der Waals surface area contributed by atoms with Crippen molar-refractivity contribution < 1.29 is 0 Å². The minimum atomic E-state index is 0.326. The van der Waals surface area contributed by atoms with Crippen LogP contribution in [-0.4, -0.2) is 37.1 Å². The third kappa shape index (κ3) is 6.42. The van der Waals surface area contributed by atoms with Crippen molar-refractivity contribution in [3.8, 4) is 0 Å². The van der Waals surface area contributed by atoms with Gasteiger partial charge in [-0.05, 0) is 38.8 Å². The van der Waals surface area contributed by atoms with Gasteiger partial charge in [-0.3, -0.25) is 4.90 Å². The number of unbranched alkanes of at least 4 members (excludes halogenated alkanes) is 1. The maximum Gasteiger partial charge on any atom is 0.0240 e. The summed E-state index contributed by atoms with van der Waals surface area (Å²) in [5.41, 5.74) is 0.326. The molecule has 0 bridgehead atoms. The molecule has 0 aliphatic carbocycles. The zero-order valence-electron chi connectivity index (χ0n) is 13.1. The molecule has 0 heterocycles. The van der Waals surface area contributed by atoms with E-state index in [1.165, 1.54) is 25.8 Å². The van der Waals surface area contributed by atoms with Crippen LogP contribution in [0, 0.1) is 5.41 Å². The average molecular weight is 242 g/mol. The molecule has 2 heteroatoms. The molecule has 1 N–H and O–H groups in total. The Morgan fingerprint density at radius 2 is 1.76 bits per heavy atom. The molecule has 0 radical (unpaired) electrons. The lowest BCUT2D eigenvalue weighted by Crippen LogP contribution is -2.49. The summed E-state index contributed by atoms with van der Waals surface area (Å²) >= 11 is 0.